The molecular formula is C15H11ClIN3. The Morgan fingerprint density at radius 1 is 1.05 bits per heavy atom. The van der Waals surface area contributed by atoms with E-state index >= 15 is 0 Å². The number of fused-ring (bicyclic) bond motifs is 1. The van der Waals surface area contributed by atoms with E-state index in [-0.39, 0.29) is 0 Å². The zero-order valence-electron chi connectivity index (χ0n) is 11.0. The van der Waals surface area contributed by atoms with Crippen LogP contribution in [0.2, 0.25) is 5.15 Å². The van der Waals surface area contributed by atoms with Crippen LogP contribution in [0.5, 0.6) is 0 Å². The Hall–Kier alpha value is -1.27. The fourth-order valence-corrected chi connectivity index (χ4v) is 2.56. The zero-order valence-corrected chi connectivity index (χ0v) is 13.9. The number of aromatic nitrogens is 3. The number of halogens is 2. The second-order valence-corrected chi connectivity index (χ2v) is 6.02. The van der Waals surface area contributed by atoms with Crippen LogP contribution in [0, 0.1) is 17.4 Å². The largest absolute Gasteiger partial charge is 0.244 e. The third-order valence-electron chi connectivity index (χ3n) is 3.13. The second kappa shape index (κ2) is 5.26. The lowest BCUT2D eigenvalue weighted by Gasteiger charge is -2.07. The topological polar surface area (TPSA) is 38.7 Å². The minimum atomic E-state index is 0.473. The molecule has 5 heteroatoms. The molecule has 20 heavy (non-hydrogen) atoms. The molecule has 0 bridgehead atoms. The summed E-state index contributed by atoms with van der Waals surface area (Å²) in [5, 5.41) is 1.62. The van der Waals surface area contributed by atoms with Gasteiger partial charge in [0.15, 0.2) is 5.82 Å². The molecule has 2 heterocycles. The fourth-order valence-electron chi connectivity index (χ4n) is 2.10. The molecule has 0 radical (unpaired) electrons. The Morgan fingerprint density at radius 3 is 2.55 bits per heavy atom. The maximum Gasteiger partial charge on any atom is 0.179 e. The molecule has 0 aliphatic heterocycles. The maximum atomic E-state index is 6.14. The van der Waals surface area contributed by atoms with Crippen molar-refractivity contribution in [1.29, 1.82) is 0 Å². The van der Waals surface area contributed by atoms with Crippen LogP contribution in [0.1, 0.15) is 11.3 Å². The predicted molar refractivity (Wildman–Crippen MR) is 90.0 cm³/mol. The van der Waals surface area contributed by atoms with Crippen molar-refractivity contribution >= 4 is 45.1 Å². The average molecular weight is 396 g/mol. The molecular weight excluding hydrogens is 385 g/mol. The van der Waals surface area contributed by atoms with E-state index in [4.69, 9.17) is 11.6 Å². The number of benzene rings is 1. The number of aryl methyl sites for hydroxylation is 2. The van der Waals surface area contributed by atoms with E-state index in [2.05, 4.69) is 50.5 Å². The Kier molecular flexibility index (Phi) is 3.60. The summed E-state index contributed by atoms with van der Waals surface area (Å²) in [5.41, 5.74) is 3.72. The van der Waals surface area contributed by atoms with Crippen molar-refractivity contribution in [1.82, 2.24) is 15.0 Å². The number of nitrogens with zero attached hydrogens (tertiary/aromatic N) is 3. The van der Waals surface area contributed by atoms with Crippen LogP contribution >= 0.6 is 34.2 Å². The number of pyridine rings is 1. The van der Waals surface area contributed by atoms with Crippen molar-refractivity contribution in [3.63, 3.8) is 0 Å². The first-order valence-corrected chi connectivity index (χ1v) is 7.58. The van der Waals surface area contributed by atoms with Crippen molar-refractivity contribution in [3.8, 4) is 11.5 Å². The van der Waals surface area contributed by atoms with Gasteiger partial charge in [-0.25, -0.2) is 15.0 Å². The van der Waals surface area contributed by atoms with Crippen LogP contribution < -0.4 is 0 Å². The Bertz CT molecular complexity index is 794. The summed E-state index contributed by atoms with van der Waals surface area (Å²) in [5.74, 6) is 0.571. The summed E-state index contributed by atoms with van der Waals surface area (Å²) in [6.45, 7) is 3.99. The average Bonchev–Trinajstić information content (AvgIpc) is 2.44. The van der Waals surface area contributed by atoms with Crippen molar-refractivity contribution < 1.29 is 0 Å². The molecule has 3 aromatic rings. The first-order valence-electron chi connectivity index (χ1n) is 6.12. The summed E-state index contributed by atoms with van der Waals surface area (Å²) in [7, 11) is 0. The van der Waals surface area contributed by atoms with E-state index in [1.54, 1.807) is 0 Å². The standard InChI is InChI=1S/C15H11ClIN3/c1-8-7-12(19-11-6-4-3-5-10(8)11)15-18-9(2)13(17)14(16)20-15/h3-7H,1-2H3. The second-order valence-electron chi connectivity index (χ2n) is 4.58. The maximum absolute atomic E-state index is 6.14. The lowest BCUT2D eigenvalue weighted by atomic mass is 10.1. The molecule has 0 N–H and O–H groups in total. The lowest BCUT2D eigenvalue weighted by Crippen LogP contribution is -1.99. The van der Waals surface area contributed by atoms with Gasteiger partial charge in [-0.05, 0) is 54.1 Å². The normalized spacial score (nSPS) is 11.0. The molecule has 0 aliphatic rings. The summed E-state index contributed by atoms with van der Waals surface area (Å²) in [4.78, 5) is 13.5. The van der Waals surface area contributed by atoms with Crippen molar-refractivity contribution in [3.05, 3.63) is 50.3 Å². The number of hydrogen-bond acceptors (Lipinski definition) is 3. The van der Waals surface area contributed by atoms with E-state index in [0.29, 0.717) is 11.0 Å². The van der Waals surface area contributed by atoms with E-state index in [1.165, 1.54) is 0 Å². The molecule has 2 aromatic heterocycles. The summed E-state index contributed by atoms with van der Waals surface area (Å²) in [6, 6.07) is 10.0. The summed E-state index contributed by atoms with van der Waals surface area (Å²) < 4.78 is 0.880. The van der Waals surface area contributed by atoms with Gasteiger partial charge in [0.2, 0.25) is 0 Å². The Labute approximate surface area is 135 Å². The molecule has 0 spiro atoms. The highest BCUT2D eigenvalue weighted by Gasteiger charge is 2.11. The summed E-state index contributed by atoms with van der Waals surface area (Å²) in [6.07, 6.45) is 0. The quantitative estimate of drug-likeness (QED) is 0.448. The van der Waals surface area contributed by atoms with Gasteiger partial charge >= 0.3 is 0 Å². The van der Waals surface area contributed by atoms with Gasteiger partial charge in [-0.15, -0.1) is 0 Å². The van der Waals surface area contributed by atoms with Gasteiger partial charge < -0.3 is 0 Å². The predicted octanol–water partition coefficient (Wildman–Crippen LogP) is 4.57. The van der Waals surface area contributed by atoms with Gasteiger partial charge in [0.1, 0.15) is 10.8 Å². The molecule has 1 aromatic carbocycles. The van der Waals surface area contributed by atoms with E-state index in [9.17, 15) is 0 Å². The fraction of sp³-hybridized carbons (Fsp3) is 0.133. The van der Waals surface area contributed by atoms with Crippen molar-refractivity contribution in [2.75, 3.05) is 0 Å². The SMILES string of the molecule is Cc1nc(-c2cc(C)c3ccccc3n2)nc(Cl)c1I. The van der Waals surface area contributed by atoms with Crippen LogP contribution in [0.15, 0.2) is 30.3 Å². The van der Waals surface area contributed by atoms with Gasteiger partial charge in [0.05, 0.1) is 14.8 Å². The Balaban J connectivity index is 2.25. The van der Waals surface area contributed by atoms with Crippen LogP contribution in [-0.2, 0) is 0 Å². The third-order valence-corrected chi connectivity index (χ3v) is 5.01. The smallest absolute Gasteiger partial charge is 0.179 e. The van der Waals surface area contributed by atoms with Crippen molar-refractivity contribution in [2.24, 2.45) is 0 Å². The molecule has 0 unspecified atom stereocenters. The van der Waals surface area contributed by atoms with Crippen molar-refractivity contribution in [2.45, 2.75) is 13.8 Å². The van der Waals surface area contributed by atoms with Crippen LogP contribution in [0.3, 0.4) is 0 Å². The first-order chi connectivity index (χ1) is 9.56. The van der Waals surface area contributed by atoms with Gasteiger partial charge in [-0.1, -0.05) is 29.8 Å². The highest BCUT2D eigenvalue weighted by Crippen LogP contribution is 2.25. The zero-order chi connectivity index (χ0) is 14.3. The molecule has 0 atom stereocenters. The third kappa shape index (κ3) is 2.38. The van der Waals surface area contributed by atoms with E-state index < -0.39 is 0 Å². The highest BCUT2D eigenvalue weighted by atomic mass is 127. The molecule has 3 nitrogen and oxygen atoms in total. The molecule has 100 valence electrons. The highest BCUT2D eigenvalue weighted by molar-refractivity contribution is 14.1. The van der Waals surface area contributed by atoms with Gasteiger partial charge in [-0.2, -0.15) is 0 Å². The minimum absolute atomic E-state index is 0.473. The molecule has 0 saturated heterocycles. The van der Waals surface area contributed by atoms with Crippen LogP contribution in [-0.4, -0.2) is 15.0 Å². The minimum Gasteiger partial charge on any atom is -0.244 e. The number of hydrogen-bond donors (Lipinski definition) is 0. The molecule has 3 rings (SSSR count). The molecule has 0 aliphatic carbocycles. The van der Waals surface area contributed by atoms with Crippen LogP contribution in [0.4, 0.5) is 0 Å². The summed E-state index contributed by atoms with van der Waals surface area (Å²) >= 11 is 8.29. The van der Waals surface area contributed by atoms with E-state index in [0.717, 1.165) is 31.4 Å². The molecule has 0 amide bonds. The van der Waals surface area contributed by atoms with E-state index in [1.807, 2.05) is 31.2 Å². The molecule has 0 saturated carbocycles. The van der Waals surface area contributed by atoms with Gasteiger partial charge in [0, 0.05) is 5.39 Å². The monoisotopic (exact) mass is 395 g/mol. The Morgan fingerprint density at radius 2 is 1.80 bits per heavy atom. The molecule has 0 fully saturated rings. The van der Waals surface area contributed by atoms with Crippen LogP contribution in [0.25, 0.3) is 22.4 Å². The van der Waals surface area contributed by atoms with Gasteiger partial charge in [-0.3, -0.25) is 0 Å². The number of para-hydroxylation sites is 1. The lowest BCUT2D eigenvalue weighted by molar-refractivity contribution is 1.08. The number of rotatable bonds is 1. The van der Waals surface area contributed by atoms with Gasteiger partial charge in [0.25, 0.3) is 0 Å². The first kappa shape index (κ1) is 13.7.